The zero-order valence-electron chi connectivity index (χ0n) is 40.6. The minimum Gasteiger partial charge on any atom is -0.370 e. The van der Waals surface area contributed by atoms with Gasteiger partial charge in [0, 0.05) is 67.0 Å². The minimum atomic E-state index is -4.02. The highest BCUT2D eigenvalue weighted by Crippen LogP contribution is 2.42. The van der Waals surface area contributed by atoms with Crippen molar-refractivity contribution in [2.24, 2.45) is 5.73 Å². The number of likely N-dealkylation sites (N-methyl/N-ethyl adjacent to an activating group) is 1. The molecule has 4 aliphatic rings. The Morgan fingerprint density at radius 2 is 1.73 bits per heavy atom. The summed E-state index contributed by atoms with van der Waals surface area (Å²) in [5.41, 5.74) is 7.12. The number of nitrogens with two attached hydrogens (primary N) is 1. The number of alkyl halides is 2. The number of primary amides is 1. The summed E-state index contributed by atoms with van der Waals surface area (Å²) >= 11 is 0. The van der Waals surface area contributed by atoms with Gasteiger partial charge < -0.3 is 51.2 Å². The maximum absolute atomic E-state index is 14.4. The van der Waals surface area contributed by atoms with E-state index in [1.54, 1.807) is 19.2 Å². The number of halogens is 2. The molecule has 0 spiro atoms. The van der Waals surface area contributed by atoms with E-state index < -0.39 is 79.9 Å². The number of aromatic nitrogens is 1. The molecule has 1 unspecified atom stereocenters. The molecule has 0 aliphatic carbocycles. The lowest BCUT2D eigenvalue weighted by Crippen LogP contribution is -2.61. The molecule has 1 aromatic heterocycles. The average molecular weight is 1030 g/mol. The maximum Gasteiger partial charge on any atom is 0.389 e. The van der Waals surface area contributed by atoms with E-state index in [4.69, 9.17) is 15.5 Å². The van der Waals surface area contributed by atoms with Crippen molar-refractivity contribution in [1.82, 2.24) is 41.0 Å². The van der Waals surface area contributed by atoms with Gasteiger partial charge in [0.1, 0.15) is 29.9 Å². The molecular formula is C50H62F2N9O11P. The Kier molecular flexibility index (Phi) is 18.3. The van der Waals surface area contributed by atoms with Gasteiger partial charge in [0.25, 0.3) is 11.8 Å². The first-order valence-corrected chi connectivity index (χ1v) is 25.9. The molecule has 5 atom stereocenters. The number of carbonyl (C=O) groups excluding carboxylic acids is 8. The summed E-state index contributed by atoms with van der Waals surface area (Å²) in [5.74, 6) is 2.48. The predicted molar refractivity (Wildman–Crippen MR) is 261 cm³/mol. The molecule has 73 heavy (non-hydrogen) atoms. The first-order valence-electron chi connectivity index (χ1n) is 24.7. The average Bonchev–Trinajstić information content (AvgIpc) is 4.06. The van der Waals surface area contributed by atoms with Gasteiger partial charge in [-0.25, -0.2) is 4.52 Å². The molecule has 23 heteroatoms. The third-order valence-electron chi connectivity index (χ3n) is 13.8. The van der Waals surface area contributed by atoms with Crippen LogP contribution in [-0.2, 0) is 45.9 Å². The van der Waals surface area contributed by atoms with Crippen LogP contribution in [0, 0.1) is 11.8 Å². The van der Waals surface area contributed by atoms with E-state index >= 15 is 0 Å². The van der Waals surface area contributed by atoms with E-state index in [2.05, 4.69) is 42.6 Å². The third-order valence-corrected chi connectivity index (χ3v) is 14.2. The fourth-order valence-corrected chi connectivity index (χ4v) is 10.3. The first kappa shape index (κ1) is 54.4. The molecule has 4 aliphatic heterocycles. The van der Waals surface area contributed by atoms with Crippen molar-refractivity contribution in [2.75, 3.05) is 26.7 Å². The Balaban J connectivity index is 0.845. The molecule has 2 aromatic carbocycles. The Bertz CT molecular complexity index is 2660. The number of fused-ring (bicyclic) bond motifs is 3. The number of rotatable bonds is 21. The summed E-state index contributed by atoms with van der Waals surface area (Å²) in [7, 11) is -1.56. The number of H-pyrrole nitrogens is 1. The lowest BCUT2D eigenvalue weighted by molar-refractivity contribution is -0.189. The van der Waals surface area contributed by atoms with Crippen LogP contribution in [0.5, 0.6) is 0 Å². The lowest BCUT2D eigenvalue weighted by atomic mass is 10.0. The predicted octanol–water partition coefficient (Wildman–Crippen LogP) is 3.04. The van der Waals surface area contributed by atoms with Crippen LogP contribution in [0.4, 0.5) is 8.78 Å². The zero-order chi connectivity index (χ0) is 52.4. The lowest BCUT2D eigenvalue weighted by Gasteiger charge is -2.37. The number of aromatic amines is 1. The highest BCUT2D eigenvalue weighted by molar-refractivity contribution is 7.39. The SMILES string of the molecule is CN1CC[C@H]2CC[C@@H](C(=O)N[C@@H](CCC(N)=O)C(=O)NCCCCCCCCCC#Cc3cccc4c3CN(C3CCC(=O)NC3=O)C4=O)N2C(=O)[C@@H](NC(=O)c2cc3cc(C(F)(F)OP(O)O)ccc3[nH]2)C1. The normalized spacial score (nSPS) is 20.7. The van der Waals surface area contributed by atoms with Crippen LogP contribution in [0.2, 0.25) is 0 Å². The molecule has 3 fully saturated rings. The van der Waals surface area contributed by atoms with Gasteiger partial charge in [-0.2, -0.15) is 8.78 Å². The second-order valence-corrected chi connectivity index (χ2v) is 19.7. The van der Waals surface area contributed by atoms with Gasteiger partial charge in [0.05, 0.1) is 5.56 Å². The monoisotopic (exact) mass is 1030 g/mol. The van der Waals surface area contributed by atoms with Gasteiger partial charge >= 0.3 is 14.7 Å². The molecule has 0 saturated carbocycles. The molecule has 392 valence electrons. The van der Waals surface area contributed by atoms with Crippen molar-refractivity contribution >= 4 is 66.8 Å². The van der Waals surface area contributed by atoms with E-state index in [1.165, 1.54) is 21.9 Å². The number of unbranched alkanes of at least 4 members (excludes halogenated alkanes) is 7. The fourth-order valence-electron chi connectivity index (χ4n) is 9.96. The number of nitrogens with one attached hydrogen (secondary N) is 5. The van der Waals surface area contributed by atoms with E-state index in [-0.39, 0.29) is 61.3 Å². The van der Waals surface area contributed by atoms with Gasteiger partial charge in [-0.15, -0.1) is 0 Å². The number of piperidine rings is 1. The summed E-state index contributed by atoms with van der Waals surface area (Å²) in [6.45, 7) is 1.26. The molecule has 0 bridgehead atoms. The largest absolute Gasteiger partial charge is 0.389 e. The van der Waals surface area contributed by atoms with Gasteiger partial charge in [-0.3, -0.25) is 43.7 Å². The number of amides is 8. The summed E-state index contributed by atoms with van der Waals surface area (Å²) < 4.78 is 32.8. The Morgan fingerprint density at radius 1 is 0.973 bits per heavy atom. The van der Waals surface area contributed by atoms with E-state index in [9.17, 15) is 47.1 Å². The summed E-state index contributed by atoms with van der Waals surface area (Å²) in [6.07, 6.45) is 4.65. The van der Waals surface area contributed by atoms with Gasteiger partial charge in [0.15, 0.2) is 0 Å². The molecule has 9 N–H and O–H groups in total. The van der Waals surface area contributed by atoms with Crippen molar-refractivity contribution in [1.29, 1.82) is 0 Å². The van der Waals surface area contributed by atoms with Crippen molar-refractivity contribution < 1.29 is 61.4 Å². The van der Waals surface area contributed by atoms with Crippen molar-refractivity contribution in [3.8, 4) is 11.8 Å². The van der Waals surface area contributed by atoms with Gasteiger partial charge in [0.2, 0.25) is 35.4 Å². The standard InChI is InChI=1S/C50H62F2N9O11P/c1-59-25-23-33-16-19-41(61(33)49(69)39(29-59)57-45(65)38-27-31-26-32(15-17-36(31)55-38)50(51,52)72-73(70)71)47(67)56-37(18-21-42(53)62)44(64)54-24-10-8-6-4-2-3-5-7-9-12-30-13-11-14-34-35(30)28-60(48(34)68)40-20-22-43(63)58-46(40)66/h11,13-15,17,26-27,33,37,39-41,55,70-71H,2-8,10,16,18-25,28-29H2,1H3,(H2,53,62)(H,54,64)(H,56,67)(H,57,65)(H,58,63,66)/t33-,37+,39+,40?,41+/m1/s1. The second kappa shape index (κ2) is 24.6. The van der Waals surface area contributed by atoms with E-state index in [0.29, 0.717) is 62.7 Å². The topological polar surface area (TPSA) is 286 Å². The molecule has 8 amide bonds. The zero-order valence-corrected chi connectivity index (χ0v) is 41.4. The van der Waals surface area contributed by atoms with E-state index in [1.807, 2.05) is 11.0 Å². The van der Waals surface area contributed by atoms with Crippen molar-refractivity contribution in [3.63, 3.8) is 0 Å². The smallest absolute Gasteiger partial charge is 0.370 e. The van der Waals surface area contributed by atoms with Crippen LogP contribution in [0.3, 0.4) is 0 Å². The fraction of sp³-hybridized carbons (Fsp3) is 0.520. The van der Waals surface area contributed by atoms with Crippen LogP contribution in [0.15, 0.2) is 42.5 Å². The van der Waals surface area contributed by atoms with Crippen molar-refractivity contribution in [2.45, 2.75) is 139 Å². The molecule has 0 radical (unpaired) electrons. The van der Waals surface area contributed by atoms with Crippen LogP contribution in [0.25, 0.3) is 10.9 Å². The van der Waals surface area contributed by atoms with Gasteiger partial charge in [-0.05, 0) is 100 Å². The number of imide groups is 1. The highest BCUT2D eigenvalue weighted by atomic mass is 31.2. The number of hydrogen-bond donors (Lipinski definition) is 8. The van der Waals surface area contributed by atoms with Crippen LogP contribution < -0.4 is 27.0 Å². The maximum atomic E-state index is 14.4. The third kappa shape index (κ3) is 13.8. The first-order chi connectivity index (χ1) is 34.9. The molecule has 20 nitrogen and oxygen atoms in total. The van der Waals surface area contributed by atoms with E-state index in [0.717, 1.165) is 61.8 Å². The van der Waals surface area contributed by atoms with Gasteiger partial charge in [-0.1, -0.05) is 50.0 Å². The Labute approximate surface area is 421 Å². The van der Waals surface area contributed by atoms with Crippen LogP contribution in [0.1, 0.15) is 134 Å². The number of carbonyl (C=O) groups is 8. The van der Waals surface area contributed by atoms with Crippen LogP contribution >= 0.6 is 8.60 Å². The second-order valence-electron chi connectivity index (χ2n) is 19.0. The number of nitrogens with zero attached hydrogens (tertiary/aromatic N) is 3. The number of benzene rings is 2. The molecule has 7 rings (SSSR count). The highest BCUT2D eigenvalue weighted by Gasteiger charge is 2.46. The molecule has 3 aromatic rings. The number of hydrogen-bond acceptors (Lipinski definition) is 12. The quantitative estimate of drug-likeness (QED) is 0.0331. The molecular weight excluding hydrogens is 972 g/mol. The summed E-state index contributed by atoms with van der Waals surface area (Å²) in [5, 5.41) is 10.9. The molecule has 3 saturated heterocycles. The van der Waals surface area contributed by atoms with Crippen molar-refractivity contribution in [3.05, 3.63) is 70.4 Å². The summed E-state index contributed by atoms with van der Waals surface area (Å²) in [6, 6.07) is 5.81. The van der Waals surface area contributed by atoms with Crippen LogP contribution in [-0.4, -0.2) is 134 Å². The molecule has 5 heterocycles. The summed E-state index contributed by atoms with van der Waals surface area (Å²) in [4.78, 5) is 130. The Morgan fingerprint density at radius 3 is 2.47 bits per heavy atom. The minimum absolute atomic E-state index is 0.0381. The Hall–Kier alpha value is -6.37.